The molecule has 1 aliphatic carbocycles. The quantitative estimate of drug-likeness (QED) is 0.421. The summed E-state index contributed by atoms with van der Waals surface area (Å²) in [5.74, 6) is -0.631. The Morgan fingerprint density at radius 1 is 0.914 bits per heavy atom. The molecule has 0 saturated heterocycles. The molecule has 0 radical (unpaired) electrons. The van der Waals surface area contributed by atoms with E-state index in [0.29, 0.717) is 40.6 Å². The Labute approximate surface area is 208 Å². The van der Waals surface area contributed by atoms with Gasteiger partial charge in [0.15, 0.2) is 6.61 Å². The van der Waals surface area contributed by atoms with Crippen LogP contribution >= 0.6 is 11.6 Å². The van der Waals surface area contributed by atoms with Crippen molar-refractivity contribution in [1.29, 1.82) is 0 Å². The van der Waals surface area contributed by atoms with E-state index in [1.165, 1.54) is 7.11 Å². The molecular formula is C27H25ClN2O5. The Bertz CT molecular complexity index is 1220. The third kappa shape index (κ3) is 5.46. The summed E-state index contributed by atoms with van der Waals surface area (Å²) in [4.78, 5) is 37.7. The molecule has 0 spiro atoms. The minimum atomic E-state index is -0.721. The number of hydrogen-bond donors (Lipinski definition) is 2. The smallest absolute Gasteiger partial charge is 0.317 e. The molecule has 1 fully saturated rings. The summed E-state index contributed by atoms with van der Waals surface area (Å²) in [5.41, 5.74) is 1.58. The molecule has 0 aliphatic heterocycles. The van der Waals surface area contributed by atoms with E-state index in [1.807, 2.05) is 18.2 Å². The standard InChI is InChI=1S/C27H25ClN2O5/c1-34-23-6-3-2-5-22(23)30-25(32)18-7-13-21(14-8-18)29-24(31)17-35-26(33)27(15-4-16-27)19-9-11-20(28)12-10-19/h2-3,5-14H,4,15-17H2,1H3,(H,29,31)(H,30,32). The second-order valence-corrected chi connectivity index (χ2v) is 8.74. The van der Waals surface area contributed by atoms with Gasteiger partial charge in [-0.2, -0.15) is 0 Å². The lowest BCUT2D eigenvalue weighted by Gasteiger charge is -2.39. The van der Waals surface area contributed by atoms with Crippen molar-refractivity contribution in [1.82, 2.24) is 0 Å². The zero-order valence-electron chi connectivity index (χ0n) is 19.2. The van der Waals surface area contributed by atoms with Crippen LogP contribution in [0.3, 0.4) is 0 Å². The fourth-order valence-corrected chi connectivity index (χ4v) is 4.15. The van der Waals surface area contributed by atoms with E-state index >= 15 is 0 Å². The van der Waals surface area contributed by atoms with Gasteiger partial charge in [0.1, 0.15) is 5.75 Å². The van der Waals surface area contributed by atoms with Crippen molar-refractivity contribution in [2.24, 2.45) is 0 Å². The summed E-state index contributed by atoms with van der Waals surface area (Å²) >= 11 is 5.96. The molecule has 0 atom stereocenters. The van der Waals surface area contributed by atoms with Gasteiger partial charge in [0.05, 0.1) is 18.2 Å². The Morgan fingerprint density at radius 3 is 2.23 bits per heavy atom. The van der Waals surface area contributed by atoms with Crippen LogP contribution in [-0.2, 0) is 19.7 Å². The Morgan fingerprint density at radius 2 is 1.60 bits per heavy atom. The zero-order chi connectivity index (χ0) is 24.8. The van der Waals surface area contributed by atoms with Gasteiger partial charge in [-0.3, -0.25) is 14.4 Å². The zero-order valence-corrected chi connectivity index (χ0v) is 19.9. The maximum Gasteiger partial charge on any atom is 0.317 e. The third-order valence-corrected chi connectivity index (χ3v) is 6.37. The number of para-hydroxylation sites is 2. The first-order valence-corrected chi connectivity index (χ1v) is 11.6. The van der Waals surface area contributed by atoms with E-state index in [2.05, 4.69) is 10.6 Å². The summed E-state index contributed by atoms with van der Waals surface area (Å²) in [5, 5.41) is 6.07. The normalized spacial score (nSPS) is 13.8. The van der Waals surface area contributed by atoms with Crippen LogP contribution in [0, 0.1) is 0 Å². The fraction of sp³-hybridized carbons (Fsp3) is 0.222. The minimum Gasteiger partial charge on any atom is -0.495 e. The van der Waals surface area contributed by atoms with Gasteiger partial charge < -0.3 is 20.1 Å². The van der Waals surface area contributed by atoms with Gasteiger partial charge in [-0.05, 0) is 66.9 Å². The van der Waals surface area contributed by atoms with Crippen LogP contribution in [-0.4, -0.2) is 31.5 Å². The number of hydrogen-bond acceptors (Lipinski definition) is 5. The van der Waals surface area contributed by atoms with Crippen LogP contribution in [0.15, 0.2) is 72.8 Å². The molecule has 2 N–H and O–H groups in total. The first-order valence-electron chi connectivity index (χ1n) is 11.2. The molecule has 3 aromatic carbocycles. The molecule has 2 amide bonds. The van der Waals surface area contributed by atoms with E-state index < -0.39 is 23.9 Å². The highest BCUT2D eigenvalue weighted by Crippen LogP contribution is 2.45. The van der Waals surface area contributed by atoms with Crippen molar-refractivity contribution in [2.75, 3.05) is 24.4 Å². The maximum atomic E-state index is 12.8. The largest absolute Gasteiger partial charge is 0.495 e. The van der Waals surface area contributed by atoms with Crippen molar-refractivity contribution in [3.63, 3.8) is 0 Å². The first-order chi connectivity index (χ1) is 16.9. The number of esters is 1. The lowest BCUT2D eigenvalue weighted by molar-refractivity contribution is -0.156. The number of halogens is 1. The monoisotopic (exact) mass is 492 g/mol. The molecule has 0 heterocycles. The fourth-order valence-electron chi connectivity index (χ4n) is 4.02. The van der Waals surface area contributed by atoms with E-state index in [0.717, 1.165) is 12.0 Å². The van der Waals surface area contributed by atoms with Gasteiger partial charge in [0, 0.05) is 16.3 Å². The van der Waals surface area contributed by atoms with E-state index in [-0.39, 0.29) is 5.91 Å². The number of benzene rings is 3. The highest BCUT2D eigenvalue weighted by Gasteiger charge is 2.47. The summed E-state index contributed by atoms with van der Waals surface area (Å²) in [6.07, 6.45) is 2.27. The lowest BCUT2D eigenvalue weighted by Crippen LogP contribution is -2.44. The summed E-state index contributed by atoms with van der Waals surface area (Å²) in [7, 11) is 1.53. The first kappa shape index (κ1) is 24.3. The number of rotatable bonds is 8. The number of carbonyl (C=O) groups is 3. The average Bonchev–Trinajstić information content (AvgIpc) is 2.84. The van der Waals surface area contributed by atoms with Crippen molar-refractivity contribution < 1.29 is 23.9 Å². The van der Waals surface area contributed by atoms with Crippen LogP contribution < -0.4 is 15.4 Å². The molecule has 8 heteroatoms. The van der Waals surface area contributed by atoms with E-state index in [1.54, 1.807) is 54.6 Å². The predicted molar refractivity (Wildman–Crippen MR) is 134 cm³/mol. The van der Waals surface area contributed by atoms with Crippen molar-refractivity contribution >= 4 is 40.8 Å². The van der Waals surface area contributed by atoms with Gasteiger partial charge in [0.25, 0.3) is 11.8 Å². The number of nitrogens with one attached hydrogen (secondary N) is 2. The third-order valence-electron chi connectivity index (χ3n) is 6.12. The molecule has 35 heavy (non-hydrogen) atoms. The second-order valence-electron chi connectivity index (χ2n) is 8.30. The highest BCUT2D eigenvalue weighted by molar-refractivity contribution is 6.30. The Balaban J connectivity index is 1.31. The average molecular weight is 493 g/mol. The lowest BCUT2D eigenvalue weighted by atomic mass is 9.64. The number of anilines is 2. The molecule has 0 aromatic heterocycles. The summed E-state index contributed by atoms with van der Waals surface area (Å²) < 4.78 is 10.6. The summed E-state index contributed by atoms with van der Waals surface area (Å²) in [6.45, 7) is -0.399. The van der Waals surface area contributed by atoms with Gasteiger partial charge in [-0.1, -0.05) is 42.3 Å². The van der Waals surface area contributed by atoms with Crippen molar-refractivity contribution in [3.05, 3.63) is 88.9 Å². The second kappa shape index (κ2) is 10.6. The van der Waals surface area contributed by atoms with Crippen LogP contribution in [0.5, 0.6) is 5.75 Å². The highest BCUT2D eigenvalue weighted by atomic mass is 35.5. The molecule has 180 valence electrons. The molecule has 7 nitrogen and oxygen atoms in total. The number of ether oxygens (including phenoxy) is 2. The van der Waals surface area contributed by atoms with Crippen LogP contribution in [0.25, 0.3) is 0 Å². The number of methoxy groups -OCH3 is 1. The van der Waals surface area contributed by atoms with Gasteiger partial charge >= 0.3 is 5.97 Å². The Hall–Kier alpha value is -3.84. The molecular weight excluding hydrogens is 468 g/mol. The predicted octanol–water partition coefficient (Wildman–Crippen LogP) is 5.20. The topological polar surface area (TPSA) is 93.7 Å². The Kier molecular flexibility index (Phi) is 7.36. The van der Waals surface area contributed by atoms with Crippen molar-refractivity contribution in [3.8, 4) is 5.75 Å². The number of carbonyl (C=O) groups excluding carboxylic acids is 3. The van der Waals surface area contributed by atoms with Crippen LogP contribution in [0.1, 0.15) is 35.2 Å². The SMILES string of the molecule is COc1ccccc1NC(=O)c1ccc(NC(=O)COC(=O)C2(c3ccc(Cl)cc3)CCC2)cc1. The molecule has 0 unspecified atom stereocenters. The molecule has 1 saturated carbocycles. The molecule has 3 aromatic rings. The van der Waals surface area contributed by atoms with Gasteiger partial charge in [-0.15, -0.1) is 0 Å². The van der Waals surface area contributed by atoms with E-state index in [4.69, 9.17) is 21.1 Å². The molecule has 0 bridgehead atoms. The van der Waals surface area contributed by atoms with Crippen LogP contribution in [0.4, 0.5) is 11.4 Å². The number of amides is 2. The molecule has 1 aliphatic rings. The minimum absolute atomic E-state index is 0.311. The van der Waals surface area contributed by atoms with Gasteiger partial charge in [0.2, 0.25) is 0 Å². The van der Waals surface area contributed by atoms with Gasteiger partial charge in [-0.25, -0.2) is 0 Å². The molecule has 4 rings (SSSR count). The van der Waals surface area contributed by atoms with E-state index in [9.17, 15) is 14.4 Å². The maximum absolute atomic E-state index is 12.8. The van der Waals surface area contributed by atoms with Crippen molar-refractivity contribution in [2.45, 2.75) is 24.7 Å². The summed E-state index contributed by atoms with van der Waals surface area (Å²) in [6, 6.07) is 20.7. The van der Waals surface area contributed by atoms with Crippen LogP contribution in [0.2, 0.25) is 5.02 Å².